The molecule has 4 nitrogen and oxygen atoms in total. The van der Waals surface area contributed by atoms with Gasteiger partial charge in [-0.15, -0.1) is 0 Å². The number of nitrogens with zero attached hydrogens (tertiary/aromatic N) is 1. The fourth-order valence-electron chi connectivity index (χ4n) is 2.02. The van der Waals surface area contributed by atoms with Crippen LogP contribution >= 0.6 is 0 Å². The van der Waals surface area contributed by atoms with E-state index in [9.17, 15) is 8.42 Å². The minimum Gasteiger partial charge on any atom is -0.313 e. The molecule has 1 aliphatic rings. The second-order valence-electron chi connectivity index (χ2n) is 4.40. The maximum Gasteiger partial charge on any atom is 0.151 e. The Morgan fingerprint density at radius 3 is 2.38 bits per heavy atom. The van der Waals surface area contributed by atoms with E-state index in [1.54, 1.807) is 6.92 Å². The van der Waals surface area contributed by atoms with Crippen LogP contribution in [0, 0.1) is 0 Å². The summed E-state index contributed by atoms with van der Waals surface area (Å²) < 4.78 is 22.6. The standard InChI is InChI=1S/C11H24N2O2S/c1-3-13-8-5-11(6-9-13)12-7-10-16(14,15)4-2/h11-12H,3-10H2,1-2H3. The van der Waals surface area contributed by atoms with Crippen LogP contribution in [0.15, 0.2) is 0 Å². The van der Waals surface area contributed by atoms with Crippen LogP contribution in [0.3, 0.4) is 0 Å². The highest BCUT2D eigenvalue weighted by atomic mass is 32.2. The van der Waals surface area contributed by atoms with Crippen molar-refractivity contribution in [2.75, 3.05) is 37.7 Å². The van der Waals surface area contributed by atoms with E-state index in [1.165, 1.54) is 0 Å². The van der Waals surface area contributed by atoms with Crippen LogP contribution in [0.4, 0.5) is 0 Å². The fourth-order valence-corrected chi connectivity index (χ4v) is 2.73. The zero-order valence-electron chi connectivity index (χ0n) is 10.4. The van der Waals surface area contributed by atoms with Crippen LogP contribution in [-0.4, -0.2) is 57.0 Å². The van der Waals surface area contributed by atoms with Crippen molar-refractivity contribution in [3.8, 4) is 0 Å². The largest absolute Gasteiger partial charge is 0.313 e. The molecule has 5 heteroatoms. The van der Waals surface area contributed by atoms with Gasteiger partial charge in [-0.3, -0.25) is 0 Å². The Morgan fingerprint density at radius 2 is 1.88 bits per heavy atom. The molecule has 0 bridgehead atoms. The van der Waals surface area contributed by atoms with E-state index in [-0.39, 0.29) is 11.5 Å². The summed E-state index contributed by atoms with van der Waals surface area (Å²) in [5.41, 5.74) is 0. The summed E-state index contributed by atoms with van der Waals surface area (Å²) in [7, 11) is -2.81. The van der Waals surface area contributed by atoms with Gasteiger partial charge in [0.05, 0.1) is 5.75 Å². The molecule has 0 spiro atoms. The average molecular weight is 248 g/mol. The van der Waals surface area contributed by atoms with E-state index in [4.69, 9.17) is 0 Å². The van der Waals surface area contributed by atoms with Crippen molar-refractivity contribution in [3.63, 3.8) is 0 Å². The first-order valence-electron chi connectivity index (χ1n) is 6.23. The molecule has 1 heterocycles. The lowest BCUT2D eigenvalue weighted by molar-refractivity contribution is 0.208. The number of piperidine rings is 1. The van der Waals surface area contributed by atoms with Gasteiger partial charge in [0.2, 0.25) is 0 Å². The van der Waals surface area contributed by atoms with Crippen LogP contribution in [0.25, 0.3) is 0 Å². The van der Waals surface area contributed by atoms with E-state index in [0.29, 0.717) is 12.6 Å². The van der Waals surface area contributed by atoms with Gasteiger partial charge >= 0.3 is 0 Å². The second-order valence-corrected chi connectivity index (χ2v) is 6.87. The van der Waals surface area contributed by atoms with Crippen LogP contribution in [-0.2, 0) is 9.84 Å². The molecule has 0 aromatic carbocycles. The molecule has 0 unspecified atom stereocenters. The van der Waals surface area contributed by atoms with Gasteiger partial charge < -0.3 is 10.2 Å². The summed E-state index contributed by atoms with van der Waals surface area (Å²) in [6.45, 7) is 7.88. The fraction of sp³-hybridized carbons (Fsp3) is 1.00. The van der Waals surface area contributed by atoms with Gasteiger partial charge in [-0.25, -0.2) is 8.42 Å². The molecule has 1 N–H and O–H groups in total. The van der Waals surface area contributed by atoms with Crippen molar-refractivity contribution < 1.29 is 8.42 Å². The normalized spacial score (nSPS) is 20.1. The van der Waals surface area contributed by atoms with E-state index in [2.05, 4.69) is 17.1 Å². The third kappa shape index (κ3) is 4.80. The van der Waals surface area contributed by atoms with Crippen molar-refractivity contribution in [2.45, 2.75) is 32.7 Å². The quantitative estimate of drug-likeness (QED) is 0.743. The highest BCUT2D eigenvalue weighted by molar-refractivity contribution is 7.91. The summed E-state index contributed by atoms with van der Waals surface area (Å²) in [5.74, 6) is 0.528. The summed E-state index contributed by atoms with van der Waals surface area (Å²) in [6.07, 6.45) is 2.28. The molecule has 0 aromatic heterocycles. The molecular weight excluding hydrogens is 224 g/mol. The van der Waals surface area contributed by atoms with Crippen LogP contribution in [0.5, 0.6) is 0 Å². The lowest BCUT2D eigenvalue weighted by Crippen LogP contribution is -2.43. The monoisotopic (exact) mass is 248 g/mol. The van der Waals surface area contributed by atoms with Gasteiger partial charge in [0.25, 0.3) is 0 Å². The molecule has 16 heavy (non-hydrogen) atoms. The Hall–Kier alpha value is -0.130. The first kappa shape index (κ1) is 13.9. The Balaban J connectivity index is 2.16. The molecule has 0 atom stereocenters. The van der Waals surface area contributed by atoms with E-state index in [0.717, 1.165) is 32.5 Å². The topological polar surface area (TPSA) is 49.4 Å². The molecule has 1 saturated heterocycles. The zero-order valence-corrected chi connectivity index (χ0v) is 11.2. The Morgan fingerprint density at radius 1 is 1.25 bits per heavy atom. The van der Waals surface area contributed by atoms with Gasteiger partial charge in [0.15, 0.2) is 9.84 Å². The maximum atomic E-state index is 11.3. The summed E-state index contributed by atoms with van der Waals surface area (Å²) in [4.78, 5) is 2.43. The molecule has 0 aliphatic carbocycles. The Bertz CT molecular complexity index is 282. The molecular formula is C11H24N2O2S. The van der Waals surface area contributed by atoms with Gasteiger partial charge in [-0.1, -0.05) is 13.8 Å². The van der Waals surface area contributed by atoms with Crippen LogP contribution in [0.2, 0.25) is 0 Å². The van der Waals surface area contributed by atoms with E-state index in [1.807, 2.05) is 0 Å². The number of likely N-dealkylation sites (tertiary alicyclic amines) is 1. The van der Waals surface area contributed by atoms with E-state index < -0.39 is 9.84 Å². The van der Waals surface area contributed by atoms with Crippen molar-refractivity contribution in [2.24, 2.45) is 0 Å². The predicted octanol–water partition coefficient (Wildman–Crippen LogP) is 0.495. The van der Waals surface area contributed by atoms with Crippen LogP contribution in [0.1, 0.15) is 26.7 Å². The van der Waals surface area contributed by atoms with Gasteiger partial charge in [-0.05, 0) is 32.5 Å². The highest BCUT2D eigenvalue weighted by Gasteiger charge is 2.17. The molecule has 0 aromatic rings. The molecule has 0 saturated carbocycles. The maximum absolute atomic E-state index is 11.3. The van der Waals surface area contributed by atoms with Gasteiger partial charge in [-0.2, -0.15) is 0 Å². The minimum absolute atomic E-state index is 0.253. The average Bonchev–Trinajstić information content (AvgIpc) is 2.30. The van der Waals surface area contributed by atoms with Crippen LogP contribution < -0.4 is 5.32 Å². The predicted molar refractivity (Wildman–Crippen MR) is 67.5 cm³/mol. The molecule has 1 rings (SSSR count). The third-order valence-electron chi connectivity index (χ3n) is 3.32. The number of hydrogen-bond donors (Lipinski definition) is 1. The number of nitrogens with one attached hydrogen (secondary N) is 1. The second kappa shape index (κ2) is 6.57. The molecule has 0 radical (unpaired) electrons. The first-order chi connectivity index (χ1) is 7.57. The Labute approximate surface area is 99.3 Å². The Kier molecular flexibility index (Phi) is 5.72. The lowest BCUT2D eigenvalue weighted by Gasteiger charge is -2.31. The molecule has 1 aliphatic heterocycles. The van der Waals surface area contributed by atoms with Crippen molar-refractivity contribution in [3.05, 3.63) is 0 Å². The van der Waals surface area contributed by atoms with Gasteiger partial charge in [0.1, 0.15) is 0 Å². The summed E-state index contributed by atoms with van der Waals surface area (Å²) in [6, 6.07) is 0.509. The first-order valence-corrected chi connectivity index (χ1v) is 8.05. The van der Waals surface area contributed by atoms with Crippen molar-refractivity contribution in [1.29, 1.82) is 0 Å². The molecule has 96 valence electrons. The summed E-state index contributed by atoms with van der Waals surface area (Å²) in [5, 5.41) is 3.35. The highest BCUT2D eigenvalue weighted by Crippen LogP contribution is 2.09. The number of hydrogen-bond acceptors (Lipinski definition) is 4. The third-order valence-corrected chi connectivity index (χ3v) is 5.03. The number of rotatable bonds is 6. The van der Waals surface area contributed by atoms with Crippen molar-refractivity contribution >= 4 is 9.84 Å². The lowest BCUT2D eigenvalue weighted by atomic mass is 10.1. The molecule has 1 fully saturated rings. The SMILES string of the molecule is CCN1CCC(NCCS(=O)(=O)CC)CC1. The van der Waals surface area contributed by atoms with Gasteiger partial charge in [0, 0.05) is 18.3 Å². The molecule has 0 amide bonds. The smallest absolute Gasteiger partial charge is 0.151 e. The minimum atomic E-state index is -2.81. The zero-order chi connectivity index (χ0) is 12.0. The van der Waals surface area contributed by atoms with E-state index >= 15 is 0 Å². The summed E-state index contributed by atoms with van der Waals surface area (Å²) >= 11 is 0. The number of sulfone groups is 1. The van der Waals surface area contributed by atoms with Crippen molar-refractivity contribution in [1.82, 2.24) is 10.2 Å².